The lowest BCUT2D eigenvalue weighted by Gasteiger charge is -2.33. The maximum absolute atomic E-state index is 11.9. The lowest BCUT2D eigenvalue weighted by atomic mass is 10.2. The molecule has 1 fully saturated rings. The van der Waals surface area contributed by atoms with E-state index < -0.39 is 0 Å². The molecule has 1 aromatic heterocycles. The number of likely N-dealkylation sites (N-methyl/N-ethyl adjacent to an activating group) is 1. The number of hydrogen-bond donors (Lipinski definition) is 1. The smallest absolute Gasteiger partial charge is 0.241 e. The van der Waals surface area contributed by atoms with Gasteiger partial charge >= 0.3 is 0 Å². The Bertz CT molecular complexity index is 503. The second-order valence-electron chi connectivity index (χ2n) is 5.17. The van der Waals surface area contributed by atoms with Gasteiger partial charge in [0.2, 0.25) is 5.91 Å². The Morgan fingerprint density at radius 2 is 2.05 bits per heavy atom. The van der Waals surface area contributed by atoms with Gasteiger partial charge in [0.25, 0.3) is 0 Å². The summed E-state index contributed by atoms with van der Waals surface area (Å²) < 4.78 is 0. The van der Waals surface area contributed by atoms with Crippen molar-refractivity contribution in [1.82, 2.24) is 14.9 Å². The van der Waals surface area contributed by atoms with E-state index in [1.54, 1.807) is 4.90 Å². The zero-order chi connectivity index (χ0) is 14.7. The minimum Gasteiger partial charge on any atom is -0.373 e. The second-order valence-corrected chi connectivity index (χ2v) is 5.17. The number of aryl methyl sites for hydroxylation is 1. The maximum atomic E-state index is 11.9. The van der Waals surface area contributed by atoms with Crippen molar-refractivity contribution in [1.29, 1.82) is 0 Å². The van der Waals surface area contributed by atoms with Gasteiger partial charge in [-0.05, 0) is 13.3 Å². The van der Waals surface area contributed by atoms with Gasteiger partial charge in [-0.25, -0.2) is 9.97 Å². The van der Waals surface area contributed by atoms with Crippen LogP contribution in [0.25, 0.3) is 0 Å². The molecule has 0 atom stereocenters. The van der Waals surface area contributed by atoms with Crippen LogP contribution in [0.15, 0.2) is 0 Å². The van der Waals surface area contributed by atoms with E-state index in [0.29, 0.717) is 6.54 Å². The van der Waals surface area contributed by atoms with Crippen LogP contribution in [0, 0.1) is 6.92 Å². The highest BCUT2D eigenvalue weighted by atomic mass is 16.2. The van der Waals surface area contributed by atoms with E-state index in [2.05, 4.69) is 27.1 Å². The Kier molecular flexibility index (Phi) is 4.42. The second kappa shape index (κ2) is 6.07. The summed E-state index contributed by atoms with van der Waals surface area (Å²) in [6.45, 7) is 6.05. The fraction of sp³-hybridized carbons (Fsp3) is 0.643. The Morgan fingerprint density at radius 3 is 2.65 bits per heavy atom. The van der Waals surface area contributed by atoms with E-state index in [0.717, 1.165) is 49.0 Å². The van der Waals surface area contributed by atoms with Crippen LogP contribution in [-0.2, 0) is 11.2 Å². The van der Waals surface area contributed by atoms with E-state index in [-0.39, 0.29) is 5.91 Å². The number of aromatic nitrogens is 2. The molecule has 20 heavy (non-hydrogen) atoms. The van der Waals surface area contributed by atoms with Gasteiger partial charge in [0, 0.05) is 39.2 Å². The fourth-order valence-corrected chi connectivity index (χ4v) is 2.38. The average Bonchev–Trinajstić information content (AvgIpc) is 2.44. The van der Waals surface area contributed by atoms with Crippen LogP contribution >= 0.6 is 0 Å². The number of nitrogens with zero attached hydrogens (tertiary/aromatic N) is 4. The molecule has 2 heterocycles. The van der Waals surface area contributed by atoms with Gasteiger partial charge in [-0.1, -0.05) is 6.92 Å². The quantitative estimate of drug-likeness (QED) is 0.891. The van der Waals surface area contributed by atoms with Gasteiger partial charge < -0.3 is 15.1 Å². The molecule has 0 aromatic carbocycles. The number of carbonyl (C=O) groups excluding carboxylic acids is 1. The summed E-state index contributed by atoms with van der Waals surface area (Å²) >= 11 is 0. The molecule has 0 aliphatic carbocycles. The zero-order valence-electron chi connectivity index (χ0n) is 12.7. The molecule has 0 saturated carbocycles. The Labute approximate surface area is 120 Å². The minimum atomic E-state index is 0.136. The highest BCUT2D eigenvalue weighted by molar-refractivity contribution is 5.82. The van der Waals surface area contributed by atoms with Crippen molar-refractivity contribution >= 4 is 17.5 Å². The third kappa shape index (κ3) is 2.84. The lowest BCUT2D eigenvalue weighted by molar-refractivity contribution is -0.129. The third-order valence-electron chi connectivity index (χ3n) is 3.63. The van der Waals surface area contributed by atoms with Crippen LogP contribution in [0.5, 0.6) is 0 Å². The Balaban J connectivity index is 2.34. The van der Waals surface area contributed by atoms with Gasteiger partial charge in [0.1, 0.15) is 17.5 Å². The molecule has 0 spiro atoms. The summed E-state index contributed by atoms with van der Waals surface area (Å²) in [6.07, 6.45) is 1.86. The molecule has 1 aliphatic rings. The molecule has 6 heteroatoms. The molecule has 1 aliphatic heterocycles. The fourth-order valence-electron chi connectivity index (χ4n) is 2.38. The molecular weight excluding hydrogens is 254 g/mol. The zero-order valence-corrected chi connectivity index (χ0v) is 12.7. The number of piperazine rings is 1. The van der Waals surface area contributed by atoms with E-state index in [9.17, 15) is 4.79 Å². The van der Waals surface area contributed by atoms with E-state index in [4.69, 9.17) is 0 Å². The van der Waals surface area contributed by atoms with Crippen LogP contribution in [0.2, 0.25) is 0 Å². The predicted octanol–water partition coefficient (Wildman–Crippen LogP) is 1.06. The largest absolute Gasteiger partial charge is 0.373 e. The molecule has 2 rings (SSSR count). The first kappa shape index (κ1) is 14.6. The van der Waals surface area contributed by atoms with Gasteiger partial charge in [0.15, 0.2) is 0 Å². The highest BCUT2D eigenvalue weighted by Crippen LogP contribution is 2.24. The van der Waals surface area contributed by atoms with E-state index in [1.807, 2.05) is 21.0 Å². The number of anilines is 2. The van der Waals surface area contributed by atoms with Crippen molar-refractivity contribution in [3.63, 3.8) is 0 Å². The molecule has 1 N–H and O–H groups in total. The first-order valence-corrected chi connectivity index (χ1v) is 7.11. The molecule has 0 unspecified atom stereocenters. The van der Waals surface area contributed by atoms with E-state index in [1.165, 1.54) is 0 Å². The molecule has 1 aromatic rings. The number of rotatable bonds is 4. The van der Waals surface area contributed by atoms with Crippen LogP contribution in [0.1, 0.15) is 24.7 Å². The first-order chi connectivity index (χ1) is 9.56. The lowest BCUT2D eigenvalue weighted by Crippen LogP contribution is -2.49. The molecular formula is C14H23N5O. The SMILES string of the molecule is CCCc1nc(NC)c(C)c(N2CCN(C)C(=O)C2)n1. The number of nitrogens with one attached hydrogen (secondary N) is 1. The van der Waals surface area contributed by atoms with Crippen molar-refractivity contribution in [3.8, 4) is 0 Å². The van der Waals surface area contributed by atoms with Crippen molar-refractivity contribution in [3.05, 3.63) is 11.4 Å². The van der Waals surface area contributed by atoms with Crippen molar-refractivity contribution in [2.75, 3.05) is 43.9 Å². The summed E-state index contributed by atoms with van der Waals surface area (Å²) in [7, 11) is 3.71. The molecule has 0 radical (unpaired) electrons. The van der Waals surface area contributed by atoms with Crippen LogP contribution in [0.3, 0.4) is 0 Å². The molecule has 110 valence electrons. The Hall–Kier alpha value is -1.85. The predicted molar refractivity (Wildman–Crippen MR) is 80.2 cm³/mol. The molecule has 1 amide bonds. The van der Waals surface area contributed by atoms with Crippen molar-refractivity contribution < 1.29 is 4.79 Å². The number of carbonyl (C=O) groups is 1. The monoisotopic (exact) mass is 277 g/mol. The molecule has 6 nitrogen and oxygen atoms in total. The number of amides is 1. The van der Waals surface area contributed by atoms with Gasteiger partial charge in [0.05, 0.1) is 6.54 Å². The summed E-state index contributed by atoms with van der Waals surface area (Å²) in [5.74, 6) is 2.71. The summed E-state index contributed by atoms with van der Waals surface area (Å²) in [4.78, 5) is 24.9. The summed E-state index contributed by atoms with van der Waals surface area (Å²) in [5.41, 5.74) is 1.00. The maximum Gasteiger partial charge on any atom is 0.241 e. The molecule has 0 bridgehead atoms. The first-order valence-electron chi connectivity index (χ1n) is 7.11. The summed E-state index contributed by atoms with van der Waals surface area (Å²) in [5, 5.41) is 3.12. The van der Waals surface area contributed by atoms with Gasteiger partial charge in [-0.15, -0.1) is 0 Å². The molecule has 1 saturated heterocycles. The average molecular weight is 277 g/mol. The topological polar surface area (TPSA) is 61.4 Å². The standard InChI is InChI=1S/C14H23N5O/c1-5-6-11-16-13(15-3)10(2)14(17-11)19-8-7-18(4)12(20)9-19/h5-9H2,1-4H3,(H,15,16,17). The normalized spacial score (nSPS) is 15.7. The Morgan fingerprint density at radius 1 is 1.30 bits per heavy atom. The van der Waals surface area contributed by atoms with Gasteiger partial charge in [-0.2, -0.15) is 0 Å². The highest BCUT2D eigenvalue weighted by Gasteiger charge is 2.24. The van der Waals surface area contributed by atoms with Crippen molar-refractivity contribution in [2.45, 2.75) is 26.7 Å². The summed E-state index contributed by atoms with van der Waals surface area (Å²) in [6, 6.07) is 0. The van der Waals surface area contributed by atoms with Crippen LogP contribution < -0.4 is 10.2 Å². The van der Waals surface area contributed by atoms with E-state index >= 15 is 0 Å². The third-order valence-corrected chi connectivity index (χ3v) is 3.63. The van der Waals surface area contributed by atoms with Gasteiger partial charge in [-0.3, -0.25) is 4.79 Å². The van der Waals surface area contributed by atoms with Crippen molar-refractivity contribution in [2.24, 2.45) is 0 Å². The minimum absolute atomic E-state index is 0.136. The number of hydrogen-bond acceptors (Lipinski definition) is 5. The van der Waals surface area contributed by atoms with Crippen LogP contribution in [0.4, 0.5) is 11.6 Å². The van der Waals surface area contributed by atoms with Crippen LogP contribution in [-0.4, -0.2) is 54.5 Å².